The Balaban J connectivity index is 2.18. The third kappa shape index (κ3) is 5.04. The molecule has 1 fully saturated rings. The van der Waals surface area contributed by atoms with Crippen LogP contribution in [0.2, 0.25) is 0 Å². The van der Waals surface area contributed by atoms with E-state index in [1.54, 1.807) is 0 Å². The molecule has 1 aliphatic heterocycles. The molecular formula is C13H26N2O2. The Labute approximate surface area is 104 Å². The van der Waals surface area contributed by atoms with Crippen molar-refractivity contribution in [3.8, 4) is 0 Å². The molecule has 1 saturated heterocycles. The van der Waals surface area contributed by atoms with Crippen LogP contribution in [0.3, 0.4) is 0 Å². The Kier molecular flexibility index (Phi) is 6.52. The molecule has 4 nitrogen and oxygen atoms in total. The Morgan fingerprint density at radius 1 is 1.47 bits per heavy atom. The van der Waals surface area contributed by atoms with Crippen LogP contribution in [0.25, 0.3) is 0 Å². The van der Waals surface area contributed by atoms with Gasteiger partial charge in [-0.3, -0.25) is 4.79 Å². The lowest BCUT2D eigenvalue weighted by Crippen LogP contribution is -2.35. The van der Waals surface area contributed by atoms with Crippen LogP contribution in [0.1, 0.15) is 33.1 Å². The van der Waals surface area contributed by atoms with Crippen molar-refractivity contribution >= 4 is 5.91 Å². The monoisotopic (exact) mass is 242 g/mol. The fourth-order valence-corrected chi connectivity index (χ4v) is 2.37. The number of hydrogen-bond acceptors (Lipinski definition) is 3. The number of amides is 1. The largest absolute Gasteiger partial charge is 0.378 e. The number of ether oxygens (including phenoxy) is 1. The first kappa shape index (κ1) is 14.5. The average Bonchev–Trinajstić information content (AvgIpc) is 2.75. The summed E-state index contributed by atoms with van der Waals surface area (Å²) in [7, 11) is 1.90. The van der Waals surface area contributed by atoms with Gasteiger partial charge in [0.15, 0.2) is 0 Å². The van der Waals surface area contributed by atoms with Gasteiger partial charge in [-0.2, -0.15) is 0 Å². The lowest BCUT2D eigenvalue weighted by Gasteiger charge is -2.22. The predicted octanol–water partition coefficient (Wildman–Crippen LogP) is 1.16. The van der Waals surface area contributed by atoms with E-state index in [1.807, 2.05) is 7.05 Å². The molecule has 2 atom stereocenters. The van der Waals surface area contributed by atoms with Crippen LogP contribution < -0.4 is 10.6 Å². The predicted molar refractivity (Wildman–Crippen MR) is 68.9 cm³/mol. The molecule has 0 aromatic carbocycles. The molecule has 0 radical (unpaired) electrons. The van der Waals surface area contributed by atoms with Gasteiger partial charge in [-0.15, -0.1) is 0 Å². The summed E-state index contributed by atoms with van der Waals surface area (Å²) in [6, 6.07) is 0. The average molecular weight is 242 g/mol. The Bertz CT molecular complexity index is 231. The molecule has 0 saturated carbocycles. The third-order valence-electron chi connectivity index (χ3n) is 3.31. The standard InChI is InChI=1S/C13H26N2O2/c1-10(2)13-11(6-8-17-13)9-15-12(16)5-4-7-14-3/h10-11,13-14H,4-9H2,1-3H3,(H,15,16). The smallest absolute Gasteiger partial charge is 0.220 e. The summed E-state index contributed by atoms with van der Waals surface area (Å²) in [6.07, 6.45) is 2.89. The van der Waals surface area contributed by atoms with Crippen LogP contribution in [0.4, 0.5) is 0 Å². The van der Waals surface area contributed by atoms with E-state index in [-0.39, 0.29) is 5.91 Å². The second kappa shape index (κ2) is 7.67. The minimum Gasteiger partial charge on any atom is -0.378 e. The molecule has 0 aromatic rings. The first-order valence-electron chi connectivity index (χ1n) is 6.68. The highest BCUT2D eigenvalue weighted by molar-refractivity contribution is 5.75. The van der Waals surface area contributed by atoms with Gasteiger partial charge in [-0.25, -0.2) is 0 Å². The van der Waals surface area contributed by atoms with E-state index < -0.39 is 0 Å². The van der Waals surface area contributed by atoms with E-state index >= 15 is 0 Å². The van der Waals surface area contributed by atoms with E-state index in [0.29, 0.717) is 24.4 Å². The fourth-order valence-electron chi connectivity index (χ4n) is 2.37. The van der Waals surface area contributed by atoms with Crippen LogP contribution in [0.5, 0.6) is 0 Å². The van der Waals surface area contributed by atoms with E-state index in [2.05, 4.69) is 24.5 Å². The summed E-state index contributed by atoms with van der Waals surface area (Å²) >= 11 is 0. The SMILES string of the molecule is CNCCCC(=O)NCC1CCOC1C(C)C. The fraction of sp³-hybridized carbons (Fsp3) is 0.923. The van der Waals surface area contributed by atoms with Crippen molar-refractivity contribution in [2.75, 3.05) is 26.7 Å². The molecule has 2 unspecified atom stereocenters. The van der Waals surface area contributed by atoms with Crippen molar-refractivity contribution in [3.63, 3.8) is 0 Å². The van der Waals surface area contributed by atoms with Gasteiger partial charge in [0.05, 0.1) is 6.10 Å². The van der Waals surface area contributed by atoms with Crippen molar-refractivity contribution in [2.45, 2.75) is 39.2 Å². The molecule has 1 heterocycles. The normalized spacial score (nSPS) is 24.2. The minimum atomic E-state index is 0.162. The number of carbonyl (C=O) groups excluding carboxylic acids is 1. The summed E-state index contributed by atoms with van der Waals surface area (Å²) in [6.45, 7) is 6.86. The topological polar surface area (TPSA) is 50.4 Å². The molecule has 0 spiro atoms. The zero-order valence-corrected chi connectivity index (χ0v) is 11.3. The van der Waals surface area contributed by atoms with E-state index in [0.717, 1.165) is 32.5 Å². The van der Waals surface area contributed by atoms with E-state index in [9.17, 15) is 4.79 Å². The molecule has 1 amide bonds. The van der Waals surface area contributed by atoms with Crippen LogP contribution >= 0.6 is 0 Å². The van der Waals surface area contributed by atoms with Gasteiger partial charge >= 0.3 is 0 Å². The number of hydrogen-bond donors (Lipinski definition) is 2. The lowest BCUT2D eigenvalue weighted by atomic mass is 9.93. The molecule has 0 aliphatic carbocycles. The van der Waals surface area contributed by atoms with Crippen molar-refractivity contribution in [2.24, 2.45) is 11.8 Å². The van der Waals surface area contributed by atoms with Crippen LogP contribution in [-0.4, -0.2) is 38.8 Å². The molecular weight excluding hydrogens is 216 g/mol. The molecule has 1 rings (SSSR count). The lowest BCUT2D eigenvalue weighted by molar-refractivity contribution is -0.121. The second-order valence-electron chi connectivity index (χ2n) is 5.14. The summed E-state index contributed by atoms with van der Waals surface area (Å²) in [5.74, 6) is 1.18. The first-order chi connectivity index (χ1) is 8.15. The zero-order valence-electron chi connectivity index (χ0n) is 11.3. The molecule has 0 bridgehead atoms. The summed E-state index contributed by atoms with van der Waals surface area (Å²) < 4.78 is 5.70. The van der Waals surface area contributed by atoms with Crippen LogP contribution in [0, 0.1) is 11.8 Å². The van der Waals surface area contributed by atoms with E-state index in [4.69, 9.17) is 4.74 Å². The highest BCUT2D eigenvalue weighted by Crippen LogP contribution is 2.25. The van der Waals surface area contributed by atoms with Crippen molar-refractivity contribution in [1.82, 2.24) is 10.6 Å². The van der Waals surface area contributed by atoms with Crippen molar-refractivity contribution in [1.29, 1.82) is 0 Å². The van der Waals surface area contributed by atoms with Gasteiger partial charge in [0.1, 0.15) is 0 Å². The van der Waals surface area contributed by atoms with Gasteiger partial charge in [-0.05, 0) is 32.4 Å². The zero-order chi connectivity index (χ0) is 12.7. The molecule has 100 valence electrons. The molecule has 4 heteroatoms. The van der Waals surface area contributed by atoms with Crippen molar-refractivity contribution in [3.05, 3.63) is 0 Å². The summed E-state index contributed by atoms with van der Waals surface area (Å²) in [5.41, 5.74) is 0. The molecule has 1 aliphatic rings. The Morgan fingerprint density at radius 2 is 2.24 bits per heavy atom. The number of nitrogens with one attached hydrogen (secondary N) is 2. The number of carbonyl (C=O) groups is 1. The van der Waals surface area contributed by atoms with E-state index in [1.165, 1.54) is 0 Å². The van der Waals surface area contributed by atoms with Gasteiger partial charge in [0.2, 0.25) is 5.91 Å². The summed E-state index contributed by atoms with van der Waals surface area (Å²) in [4.78, 5) is 11.6. The minimum absolute atomic E-state index is 0.162. The van der Waals surface area contributed by atoms with Gasteiger partial charge in [-0.1, -0.05) is 13.8 Å². The quantitative estimate of drug-likeness (QED) is 0.659. The van der Waals surface area contributed by atoms with Crippen LogP contribution in [0.15, 0.2) is 0 Å². The Morgan fingerprint density at radius 3 is 2.88 bits per heavy atom. The van der Waals surface area contributed by atoms with Crippen molar-refractivity contribution < 1.29 is 9.53 Å². The highest BCUT2D eigenvalue weighted by Gasteiger charge is 2.30. The van der Waals surface area contributed by atoms with Gasteiger partial charge in [0, 0.05) is 25.5 Å². The first-order valence-corrected chi connectivity index (χ1v) is 6.68. The summed E-state index contributed by atoms with van der Waals surface area (Å²) in [5, 5.41) is 6.06. The maximum absolute atomic E-state index is 11.6. The Hall–Kier alpha value is -0.610. The number of rotatable bonds is 7. The molecule has 17 heavy (non-hydrogen) atoms. The second-order valence-corrected chi connectivity index (χ2v) is 5.14. The molecule has 0 aromatic heterocycles. The van der Waals surface area contributed by atoms with Gasteiger partial charge < -0.3 is 15.4 Å². The molecule has 2 N–H and O–H groups in total. The maximum Gasteiger partial charge on any atom is 0.220 e. The maximum atomic E-state index is 11.6. The third-order valence-corrected chi connectivity index (χ3v) is 3.31. The van der Waals surface area contributed by atoms with Gasteiger partial charge in [0.25, 0.3) is 0 Å². The van der Waals surface area contributed by atoms with Crippen LogP contribution in [-0.2, 0) is 9.53 Å². The highest BCUT2D eigenvalue weighted by atomic mass is 16.5.